The van der Waals surface area contributed by atoms with Gasteiger partial charge in [-0.3, -0.25) is 4.72 Å². The zero-order chi connectivity index (χ0) is 17.4. The first kappa shape index (κ1) is 18.9. The number of nitrogens with two attached hydrogens (primary N) is 2. The fraction of sp³-hybridized carbons (Fsp3) is 0.533. The summed E-state index contributed by atoms with van der Waals surface area (Å²) in [4.78, 5) is 0.423. The van der Waals surface area contributed by atoms with Gasteiger partial charge in [0.2, 0.25) is 0 Å². The van der Waals surface area contributed by atoms with E-state index in [1.54, 1.807) is 12.1 Å². The lowest BCUT2D eigenvalue weighted by atomic mass is 10.0. The van der Waals surface area contributed by atoms with Crippen LogP contribution in [0.15, 0.2) is 28.2 Å². The first-order valence-corrected chi connectivity index (χ1v) is 8.66. The van der Waals surface area contributed by atoms with Crippen molar-refractivity contribution in [3.63, 3.8) is 0 Å². The Morgan fingerprint density at radius 1 is 1.46 bits per heavy atom. The number of benzene rings is 1. The Labute approximate surface area is 145 Å². The van der Waals surface area contributed by atoms with Gasteiger partial charge in [-0.2, -0.15) is 0 Å². The van der Waals surface area contributed by atoms with Gasteiger partial charge in [0.05, 0.1) is 18.0 Å². The predicted octanol–water partition coefficient (Wildman–Crippen LogP) is 0.637. The number of hydrazine groups is 1. The molecule has 1 fully saturated rings. The lowest BCUT2D eigenvalue weighted by molar-refractivity contribution is 0.0529. The molecule has 7 nitrogen and oxygen atoms in total. The smallest absolute Gasteiger partial charge is 0.152 e. The van der Waals surface area contributed by atoms with Gasteiger partial charge in [0.1, 0.15) is 5.82 Å². The average Bonchev–Trinajstić information content (AvgIpc) is 2.57. The van der Waals surface area contributed by atoms with Crippen molar-refractivity contribution in [3.05, 3.63) is 29.6 Å². The quantitative estimate of drug-likeness (QED) is 0.135. The summed E-state index contributed by atoms with van der Waals surface area (Å²) in [6, 6.07) is 4.62. The lowest BCUT2D eigenvalue weighted by Crippen LogP contribution is -2.35. The van der Waals surface area contributed by atoms with E-state index in [0.717, 1.165) is 38.0 Å². The number of hydrogen-bond donors (Lipinski definition) is 4. The third-order valence-corrected chi connectivity index (χ3v) is 4.55. The number of aliphatic hydroxyl groups is 1. The summed E-state index contributed by atoms with van der Waals surface area (Å²) in [7, 11) is 0. The van der Waals surface area contributed by atoms with E-state index in [2.05, 4.69) is 9.82 Å². The maximum absolute atomic E-state index is 14.1. The first-order valence-electron chi connectivity index (χ1n) is 7.84. The van der Waals surface area contributed by atoms with Gasteiger partial charge in [0, 0.05) is 25.3 Å². The highest BCUT2D eigenvalue weighted by Crippen LogP contribution is 2.20. The van der Waals surface area contributed by atoms with E-state index in [1.165, 1.54) is 11.2 Å². The summed E-state index contributed by atoms with van der Waals surface area (Å²) in [6.45, 7) is 2.44. The third-order valence-electron chi connectivity index (χ3n) is 3.65. The molecule has 0 aromatic heterocycles. The van der Waals surface area contributed by atoms with Gasteiger partial charge < -0.3 is 15.6 Å². The zero-order valence-corrected chi connectivity index (χ0v) is 14.3. The van der Waals surface area contributed by atoms with Crippen molar-refractivity contribution in [1.29, 1.82) is 0 Å². The van der Waals surface area contributed by atoms with Crippen LogP contribution in [0.3, 0.4) is 0 Å². The van der Waals surface area contributed by atoms with Crippen LogP contribution in [-0.2, 0) is 4.74 Å². The molecule has 1 aromatic rings. The predicted molar refractivity (Wildman–Crippen MR) is 92.5 cm³/mol. The van der Waals surface area contributed by atoms with E-state index in [-0.39, 0.29) is 12.4 Å². The summed E-state index contributed by atoms with van der Waals surface area (Å²) in [5.74, 6) is 6.07. The van der Waals surface area contributed by atoms with Gasteiger partial charge in [-0.25, -0.2) is 15.4 Å². The molecule has 0 radical (unpaired) electrons. The van der Waals surface area contributed by atoms with Crippen LogP contribution in [-0.4, -0.2) is 49.0 Å². The molecule has 0 unspecified atom stereocenters. The van der Waals surface area contributed by atoms with Crippen molar-refractivity contribution in [2.75, 3.05) is 32.9 Å². The van der Waals surface area contributed by atoms with Crippen molar-refractivity contribution in [1.82, 2.24) is 9.84 Å². The van der Waals surface area contributed by atoms with Gasteiger partial charge in [0.15, 0.2) is 5.84 Å². The Hall–Kier alpha value is -1.39. The molecule has 1 saturated heterocycles. The number of halogens is 1. The number of nitrogens with one attached hydrogen (secondary N) is 1. The number of amidine groups is 1. The molecule has 0 atom stereocenters. The van der Waals surface area contributed by atoms with Crippen LogP contribution in [0.5, 0.6) is 0 Å². The summed E-state index contributed by atoms with van der Waals surface area (Å²) in [5.41, 5.74) is 6.40. The molecule has 1 aliphatic rings. The topological polar surface area (TPSA) is 109 Å². The molecule has 1 heterocycles. The van der Waals surface area contributed by atoms with Gasteiger partial charge in [0.25, 0.3) is 0 Å². The van der Waals surface area contributed by atoms with E-state index in [0.29, 0.717) is 29.5 Å². The van der Waals surface area contributed by atoms with Crippen molar-refractivity contribution in [3.8, 4) is 0 Å². The molecule has 24 heavy (non-hydrogen) atoms. The molecule has 0 bridgehead atoms. The standard InChI is InChI=1S/C15H24FN5O2S/c16-13-9-12(1-2-14(13)24-19-5-6-22)15(17)20-21(18)10-11-3-7-23-8-4-11/h1-2,9,11,19,22H,3-8,10,18H2,(H2,17,20). The summed E-state index contributed by atoms with van der Waals surface area (Å²) in [5, 5.41) is 14.2. The van der Waals surface area contributed by atoms with Crippen LogP contribution in [0.25, 0.3) is 0 Å². The Kier molecular flexibility index (Phi) is 7.73. The summed E-state index contributed by atoms with van der Waals surface area (Å²) >= 11 is 1.12. The minimum atomic E-state index is -0.408. The minimum Gasteiger partial charge on any atom is -0.395 e. The fourth-order valence-corrected chi connectivity index (χ4v) is 2.99. The molecule has 0 amide bonds. The van der Waals surface area contributed by atoms with Crippen LogP contribution >= 0.6 is 11.9 Å². The van der Waals surface area contributed by atoms with Gasteiger partial charge in [-0.15, -0.1) is 5.10 Å². The van der Waals surface area contributed by atoms with Crippen LogP contribution < -0.4 is 16.3 Å². The number of aliphatic hydroxyl groups excluding tert-OH is 1. The second kappa shape index (κ2) is 9.80. The monoisotopic (exact) mass is 357 g/mol. The largest absolute Gasteiger partial charge is 0.395 e. The van der Waals surface area contributed by atoms with Crippen LogP contribution in [0, 0.1) is 11.7 Å². The highest BCUT2D eigenvalue weighted by molar-refractivity contribution is 7.97. The van der Waals surface area contributed by atoms with Crippen molar-refractivity contribution >= 4 is 17.8 Å². The number of ether oxygens (including phenoxy) is 1. The van der Waals surface area contributed by atoms with Crippen molar-refractivity contribution in [2.45, 2.75) is 17.7 Å². The molecular formula is C15H24FN5O2S. The zero-order valence-electron chi connectivity index (χ0n) is 13.4. The molecule has 6 N–H and O–H groups in total. The highest BCUT2D eigenvalue weighted by Gasteiger charge is 2.16. The molecule has 0 aliphatic carbocycles. The van der Waals surface area contributed by atoms with Gasteiger partial charge in [-0.05, 0) is 48.9 Å². The molecule has 9 heteroatoms. The highest BCUT2D eigenvalue weighted by atomic mass is 32.2. The maximum atomic E-state index is 14.1. The molecule has 134 valence electrons. The van der Waals surface area contributed by atoms with Crippen LogP contribution in [0.2, 0.25) is 0 Å². The second-order valence-electron chi connectivity index (χ2n) is 5.53. The number of rotatable bonds is 8. The number of hydrogen-bond acceptors (Lipinski definition) is 7. The summed E-state index contributed by atoms with van der Waals surface area (Å²) < 4.78 is 22.2. The Morgan fingerprint density at radius 3 is 2.88 bits per heavy atom. The van der Waals surface area contributed by atoms with E-state index < -0.39 is 5.82 Å². The second-order valence-corrected chi connectivity index (χ2v) is 6.46. The van der Waals surface area contributed by atoms with Crippen molar-refractivity contribution in [2.24, 2.45) is 22.6 Å². The number of hydrazone groups is 1. The fourth-order valence-electron chi connectivity index (χ4n) is 2.35. The minimum absolute atomic E-state index is 0.00817. The first-order chi connectivity index (χ1) is 11.6. The number of nitrogens with zero attached hydrogens (tertiary/aromatic N) is 2. The molecule has 0 spiro atoms. The molecule has 1 aliphatic heterocycles. The van der Waals surface area contributed by atoms with E-state index >= 15 is 0 Å². The Morgan fingerprint density at radius 2 is 2.21 bits per heavy atom. The lowest BCUT2D eigenvalue weighted by Gasteiger charge is -2.25. The third kappa shape index (κ3) is 5.91. The van der Waals surface area contributed by atoms with Crippen molar-refractivity contribution < 1.29 is 14.2 Å². The summed E-state index contributed by atoms with van der Waals surface area (Å²) in [6.07, 6.45) is 1.90. The van der Waals surface area contributed by atoms with Crippen LogP contribution in [0.1, 0.15) is 18.4 Å². The van der Waals surface area contributed by atoms with Gasteiger partial charge >= 0.3 is 0 Å². The normalized spacial score (nSPS) is 16.4. The molecule has 0 saturated carbocycles. The molecule has 1 aromatic carbocycles. The van der Waals surface area contributed by atoms with E-state index in [1.807, 2.05) is 0 Å². The maximum Gasteiger partial charge on any atom is 0.152 e. The van der Waals surface area contributed by atoms with Crippen LogP contribution in [0.4, 0.5) is 4.39 Å². The SMILES string of the molecule is N/C(=N\N(N)CC1CCOCC1)c1ccc(SNCCO)c(F)c1. The van der Waals surface area contributed by atoms with Gasteiger partial charge in [-0.1, -0.05) is 0 Å². The molecule has 2 rings (SSSR count). The molecular weight excluding hydrogens is 333 g/mol. The van der Waals surface area contributed by atoms with E-state index in [9.17, 15) is 4.39 Å². The Balaban J connectivity index is 1.94. The van der Waals surface area contributed by atoms with E-state index in [4.69, 9.17) is 21.4 Å². The average molecular weight is 357 g/mol. The Bertz CT molecular complexity index is 555.